The van der Waals surface area contributed by atoms with Gasteiger partial charge in [0.25, 0.3) is 0 Å². The van der Waals surface area contributed by atoms with Gasteiger partial charge in [0.1, 0.15) is 0 Å². The van der Waals surface area contributed by atoms with Crippen molar-refractivity contribution in [1.82, 2.24) is 4.90 Å². The van der Waals surface area contributed by atoms with Gasteiger partial charge in [0, 0.05) is 12.6 Å². The zero-order valence-corrected chi connectivity index (χ0v) is 12.1. The summed E-state index contributed by atoms with van der Waals surface area (Å²) >= 11 is 0. The number of unbranched alkanes of at least 4 members (excludes halogenated alkanes) is 3. The highest BCUT2D eigenvalue weighted by molar-refractivity contribution is 5.40. The minimum atomic E-state index is 0.652. The number of aliphatic imine (C=N–C) groups is 2. The highest BCUT2D eigenvalue weighted by Gasteiger charge is 2.09. The van der Waals surface area contributed by atoms with Gasteiger partial charge in [-0.25, -0.2) is 9.98 Å². The van der Waals surface area contributed by atoms with Crippen molar-refractivity contribution in [3.8, 4) is 0 Å². The Morgan fingerprint density at radius 2 is 1.76 bits per heavy atom. The predicted molar refractivity (Wildman–Crippen MR) is 76.1 cm³/mol. The van der Waals surface area contributed by atoms with Gasteiger partial charge >= 0.3 is 0 Å². The third kappa shape index (κ3) is 10.2. The molecule has 0 aliphatic carbocycles. The quantitative estimate of drug-likeness (QED) is 0.424. The van der Waals surface area contributed by atoms with Crippen molar-refractivity contribution in [2.45, 2.75) is 58.4 Å². The van der Waals surface area contributed by atoms with Crippen LogP contribution in [-0.4, -0.2) is 44.1 Å². The summed E-state index contributed by atoms with van der Waals surface area (Å²) in [4.78, 5) is 10.5. The smallest absolute Gasteiger partial charge is 0.0892 e. The molecule has 0 aliphatic heterocycles. The SMILES string of the molecule is CCCCCCC(CCN=C=NCC)N(C)C. The third-order valence-electron chi connectivity index (χ3n) is 2.99. The first-order valence-electron chi connectivity index (χ1n) is 6.96. The Bertz CT molecular complexity index is 218. The predicted octanol–water partition coefficient (Wildman–Crippen LogP) is 3.47. The fourth-order valence-corrected chi connectivity index (χ4v) is 1.85. The Morgan fingerprint density at radius 1 is 1.00 bits per heavy atom. The number of hydrogen-bond donors (Lipinski definition) is 0. The molecule has 0 spiro atoms. The van der Waals surface area contributed by atoms with Gasteiger partial charge in [-0.1, -0.05) is 32.6 Å². The van der Waals surface area contributed by atoms with Gasteiger partial charge in [-0.15, -0.1) is 0 Å². The van der Waals surface area contributed by atoms with Crippen molar-refractivity contribution in [2.75, 3.05) is 27.2 Å². The molecular formula is C14H29N3. The molecule has 0 heterocycles. The van der Waals surface area contributed by atoms with Gasteiger partial charge in [0.15, 0.2) is 0 Å². The van der Waals surface area contributed by atoms with E-state index in [-0.39, 0.29) is 0 Å². The van der Waals surface area contributed by atoms with E-state index in [4.69, 9.17) is 0 Å². The third-order valence-corrected chi connectivity index (χ3v) is 2.99. The highest BCUT2D eigenvalue weighted by Crippen LogP contribution is 2.11. The second-order valence-corrected chi connectivity index (χ2v) is 4.71. The van der Waals surface area contributed by atoms with Gasteiger partial charge in [0.2, 0.25) is 0 Å². The fourth-order valence-electron chi connectivity index (χ4n) is 1.85. The molecule has 0 bridgehead atoms. The summed E-state index contributed by atoms with van der Waals surface area (Å²) in [7, 11) is 4.32. The van der Waals surface area contributed by atoms with Crippen LogP contribution in [0.1, 0.15) is 52.4 Å². The highest BCUT2D eigenvalue weighted by atomic mass is 15.1. The first kappa shape index (κ1) is 16.3. The molecule has 0 aromatic rings. The van der Waals surface area contributed by atoms with Crippen molar-refractivity contribution >= 4 is 6.01 Å². The molecule has 0 rings (SSSR count). The van der Waals surface area contributed by atoms with E-state index in [0.717, 1.165) is 19.5 Å². The number of hydrogen-bond acceptors (Lipinski definition) is 3. The topological polar surface area (TPSA) is 28.0 Å². The van der Waals surface area contributed by atoms with E-state index < -0.39 is 0 Å². The maximum Gasteiger partial charge on any atom is 0.0892 e. The van der Waals surface area contributed by atoms with Gasteiger partial charge in [-0.2, -0.15) is 0 Å². The maximum atomic E-state index is 4.18. The van der Waals surface area contributed by atoms with Crippen molar-refractivity contribution in [3.63, 3.8) is 0 Å². The van der Waals surface area contributed by atoms with Crippen LogP contribution in [0.25, 0.3) is 0 Å². The van der Waals surface area contributed by atoms with E-state index >= 15 is 0 Å². The molecule has 0 saturated heterocycles. The Morgan fingerprint density at radius 3 is 2.35 bits per heavy atom. The Kier molecular flexibility index (Phi) is 11.4. The van der Waals surface area contributed by atoms with Crippen molar-refractivity contribution < 1.29 is 0 Å². The molecule has 0 aliphatic rings. The van der Waals surface area contributed by atoms with Gasteiger partial charge < -0.3 is 4.90 Å². The molecule has 3 nitrogen and oxygen atoms in total. The minimum Gasteiger partial charge on any atom is -0.306 e. The molecule has 1 atom stereocenters. The molecule has 0 saturated carbocycles. The van der Waals surface area contributed by atoms with E-state index in [0.29, 0.717) is 6.04 Å². The first-order chi connectivity index (χ1) is 8.22. The molecule has 17 heavy (non-hydrogen) atoms. The second kappa shape index (κ2) is 11.8. The van der Waals surface area contributed by atoms with Crippen LogP contribution in [0.2, 0.25) is 0 Å². The van der Waals surface area contributed by atoms with E-state index in [1.165, 1.54) is 32.1 Å². The molecule has 3 heteroatoms. The number of nitrogens with zero attached hydrogens (tertiary/aromatic N) is 3. The van der Waals surface area contributed by atoms with Crippen molar-refractivity contribution in [1.29, 1.82) is 0 Å². The van der Waals surface area contributed by atoms with E-state index in [2.05, 4.69) is 41.9 Å². The molecule has 0 fully saturated rings. The lowest BCUT2D eigenvalue weighted by atomic mass is 10.0. The summed E-state index contributed by atoms with van der Waals surface area (Å²) in [5.74, 6) is 0. The molecule has 0 amide bonds. The van der Waals surface area contributed by atoms with Crippen LogP contribution in [-0.2, 0) is 0 Å². The van der Waals surface area contributed by atoms with E-state index in [9.17, 15) is 0 Å². The van der Waals surface area contributed by atoms with E-state index in [1.807, 2.05) is 6.92 Å². The summed E-state index contributed by atoms with van der Waals surface area (Å²) in [5.41, 5.74) is 0. The van der Waals surface area contributed by atoms with Gasteiger partial charge in [-0.3, -0.25) is 0 Å². The largest absolute Gasteiger partial charge is 0.306 e. The van der Waals surface area contributed by atoms with Crippen LogP contribution in [0.5, 0.6) is 0 Å². The van der Waals surface area contributed by atoms with Crippen LogP contribution in [0, 0.1) is 0 Å². The average Bonchev–Trinajstić information content (AvgIpc) is 2.31. The van der Waals surface area contributed by atoms with Gasteiger partial charge in [0.05, 0.1) is 12.6 Å². The zero-order valence-electron chi connectivity index (χ0n) is 12.1. The van der Waals surface area contributed by atoms with Crippen LogP contribution in [0.4, 0.5) is 0 Å². The van der Waals surface area contributed by atoms with Gasteiger partial charge in [-0.05, 0) is 33.9 Å². The van der Waals surface area contributed by atoms with Crippen molar-refractivity contribution in [3.05, 3.63) is 0 Å². The second-order valence-electron chi connectivity index (χ2n) is 4.71. The Labute approximate surface area is 107 Å². The average molecular weight is 239 g/mol. The van der Waals surface area contributed by atoms with Crippen molar-refractivity contribution in [2.24, 2.45) is 9.98 Å². The fraction of sp³-hybridized carbons (Fsp3) is 0.929. The van der Waals surface area contributed by atoms with Crippen LogP contribution in [0.3, 0.4) is 0 Å². The standard InChI is InChI=1S/C14H29N3/c1-5-7-8-9-10-14(17(3)4)11-12-16-13-15-6-2/h14H,5-12H2,1-4H3. The Hall–Kier alpha value is -0.660. The first-order valence-corrected chi connectivity index (χ1v) is 6.96. The van der Waals surface area contributed by atoms with Crippen LogP contribution >= 0.6 is 0 Å². The molecule has 100 valence electrons. The lowest BCUT2D eigenvalue weighted by Gasteiger charge is -2.23. The molecule has 0 N–H and O–H groups in total. The maximum absolute atomic E-state index is 4.18. The van der Waals surface area contributed by atoms with Crippen LogP contribution in [0.15, 0.2) is 9.98 Å². The minimum absolute atomic E-state index is 0.652. The Balaban J connectivity index is 3.78. The summed E-state index contributed by atoms with van der Waals surface area (Å²) in [6, 6.07) is 3.39. The normalized spacial score (nSPS) is 12.3. The van der Waals surface area contributed by atoms with E-state index in [1.54, 1.807) is 0 Å². The number of rotatable bonds is 10. The molecule has 0 radical (unpaired) electrons. The lowest BCUT2D eigenvalue weighted by molar-refractivity contribution is 0.261. The molecular weight excluding hydrogens is 210 g/mol. The summed E-state index contributed by atoms with van der Waals surface area (Å²) in [5, 5.41) is 0. The molecule has 1 unspecified atom stereocenters. The summed E-state index contributed by atoms with van der Waals surface area (Å²) in [6.45, 7) is 5.88. The monoisotopic (exact) mass is 239 g/mol. The zero-order chi connectivity index (χ0) is 12.9. The van der Waals surface area contributed by atoms with Crippen LogP contribution < -0.4 is 0 Å². The molecule has 0 aromatic heterocycles. The summed E-state index contributed by atoms with van der Waals surface area (Å²) < 4.78 is 0. The summed E-state index contributed by atoms with van der Waals surface area (Å²) in [6.07, 6.45) is 7.77. The lowest BCUT2D eigenvalue weighted by Crippen LogP contribution is -2.28. The molecule has 0 aromatic carbocycles.